The van der Waals surface area contributed by atoms with Crippen molar-refractivity contribution in [2.75, 3.05) is 0 Å². The molecule has 0 unspecified atom stereocenters. The molecule has 28 heavy (non-hydrogen) atoms. The highest BCUT2D eigenvalue weighted by atomic mass is 32.1. The predicted octanol–water partition coefficient (Wildman–Crippen LogP) is 5.89. The van der Waals surface area contributed by atoms with Gasteiger partial charge in [0, 0.05) is 18.2 Å². The van der Waals surface area contributed by atoms with E-state index in [2.05, 4.69) is 46.6 Å². The largest absolute Gasteiger partial charge is 0.507 e. The lowest BCUT2D eigenvalue weighted by atomic mass is 9.78. The van der Waals surface area contributed by atoms with E-state index in [1.54, 1.807) is 4.68 Å². The van der Waals surface area contributed by atoms with Gasteiger partial charge in [-0.15, -0.1) is 0 Å². The Balaban J connectivity index is 2.18. The third-order valence-corrected chi connectivity index (χ3v) is 5.46. The summed E-state index contributed by atoms with van der Waals surface area (Å²) in [6.07, 6.45) is 1.83. The summed E-state index contributed by atoms with van der Waals surface area (Å²) in [5.74, 6) is 0.374. The first-order valence-electron chi connectivity index (χ1n) is 9.50. The molecule has 0 bridgehead atoms. The summed E-state index contributed by atoms with van der Waals surface area (Å²) in [7, 11) is 1.95. The van der Waals surface area contributed by atoms with Crippen LogP contribution >= 0.6 is 12.2 Å². The molecule has 2 aromatic carbocycles. The van der Waals surface area contributed by atoms with Crippen molar-refractivity contribution in [2.45, 2.75) is 52.4 Å². The van der Waals surface area contributed by atoms with Crippen molar-refractivity contribution < 1.29 is 5.11 Å². The van der Waals surface area contributed by atoms with Crippen molar-refractivity contribution in [3.63, 3.8) is 0 Å². The third kappa shape index (κ3) is 3.63. The number of imidazole rings is 1. The molecule has 1 heterocycles. The van der Waals surface area contributed by atoms with Crippen LogP contribution in [0.25, 0.3) is 11.0 Å². The molecule has 0 aliphatic rings. The van der Waals surface area contributed by atoms with Crippen molar-refractivity contribution in [1.82, 2.24) is 9.24 Å². The average molecular weight is 396 g/mol. The van der Waals surface area contributed by atoms with Crippen LogP contribution in [-0.2, 0) is 17.9 Å². The van der Waals surface area contributed by atoms with Gasteiger partial charge in [0.25, 0.3) is 0 Å². The molecule has 0 aliphatic heterocycles. The van der Waals surface area contributed by atoms with Crippen molar-refractivity contribution in [1.29, 1.82) is 0 Å². The van der Waals surface area contributed by atoms with Crippen LogP contribution in [0, 0.1) is 4.77 Å². The molecule has 0 fully saturated rings. The Morgan fingerprint density at radius 1 is 0.929 bits per heavy atom. The zero-order valence-electron chi connectivity index (χ0n) is 17.7. The molecule has 0 saturated carbocycles. The van der Waals surface area contributed by atoms with Crippen LogP contribution < -0.4 is 0 Å². The standard InChI is InChI=1S/C23H29N3OS/c1-22(2,3)16-12-15(13-17(20(16)27)23(4,5)6)14-24-26-19-11-9-8-10-18(19)25(7)21(26)28/h8-14,27H,1-7H3. The summed E-state index contributed by atoms with van der Waals surface area (Å²) in [4.78, 5) is 0. The van der Waals surface area contributed by atoms with Gasteiger partial charge < -0.3 is 9.67 Å². The van der Waals surface area contributed by atoms with Gasteiger partial charge in [-0.1, -0.05) is 53.7 Å². The zero-order chi connectivity index (χ0) is 20.9. The summed E-state index contributed by atoms with van der Waals surface area (Å²) in [5, 5.41) is 15.6. The van der Waals surface area contributed by atoms with Crippen LogP contribution in [0.3, 0.4) is 0 Å². The molecule has 148 valence electrons. The molecule has 0 radical (unpaired) electrons. The van der Waals surface area contributed by atoms with Crippen molar-refractivity contribution in [3.05, 3.63) is 57.9 Å². The van der Waals surface area contributed by atoms with E-state index < -0.39 is 0 Å². The number of nitrogens with zero attached hydrogens (tertiary/aromatic N) is 3. The fourth-order valence-electron chi connectivity index (χ4n) is 3.39. The lowest BCUT2D eigenvalue weighted by Crippen LogP contribution is -2.18. The number of fused-ring (bicyclic) bond motifs is 1. The molecule has 0 aliphatic carbocycles. The van der Waals surface area contributed by atoms with Gasteiger partial charge in [0.05, 0.1) is 17.2 Å². The first-order valence-corrected chi connectivity index (χ1v) is 9.91. The molecular weight excluding hydrogens is 366 g/mol. The second-order valence-electron chi connectivity index (χ2n) is 9.35. The van der Waals surface area contributed by atoms with Gasteiger partial charge in [-0.25, -0.2) is 4.68 Å². The maximum atomic E-state index is 10.9. The number of phenols is 1. The van der Waals surface area contributed by atoms with Gasteiger partial charge in [0.15, 0.2) is 0 Å². The number of hydrogen-bond donors (Lipinski definition) is 1. The Labute approximate surface area is 172 Å². The minimum atomic E-state index is -0.177. The Morgan fingerprint density at radius 2 is 1.43 bits per heavy atom. The second kappa shape index (κ2) is 6.89. The monoisotopic (exact) mass is 395 g/mol. The topological polar surface area (TPSA) is 42.5 Å². The van der Waals surface area contributed by atoms with Crippen LogP contribution in [0.2, 0.25) is 0 Å². The van der Waals surface area contributed by atoms with E-state index >= 15 is 0 Å². The first-order chi connectivity index (χ1) is 12.9. The average Bonchev–Trinajstić information content (AvgIpc) is 2.83. The van der Waals surface area contributed by atoms with Crippen LogP contribution in [-0.4, -0.2) is 20.6 Å². The van der Waals surface area contributed by atoms with E-state index in [1.807, 2.05) is 54.2 Å². The van der Waals surface area contributed by atoms with E-state index in [0.717, 1.165) is 27.7 Å². The lowest BCUT2D eigenvalue weighted by Gasteiger charge is -2.27. The molecule has 3 aromatic rings. The molecule has 4 nitrogen and oxygen atoms in total. The summed E-state index contributed by atoms with van der Waals surface area (Å²) in [5.41, 5.74) is 4.44. The Morgan fingerprint density at radius 3 is 1.93 bits per heavy atom. The number of rotatable bonds is 2. The highest BCUT2D eigenvalue weighted by Crippen LogP contribution is 2.39. The number of para-hydroxylation sites is 2. The summed E-state index contributed by atoms with van der Waals surface area (Å²) < 4.78 is 4.38. The Hall–Kier alpha value is -2.40. The SMILES string of the molecule is Cn1c(=S)n(N=Cc2cc(C(C)(C)C)c(O)c(C(C)(C)C)c2)c2ccccc21. The number of phenolic OH excluding ortho intramolecular Hbond substituents is 1. The second-order valence-corrected chi connectivity index (χ2v) is 9.72. The summed E-state index contributed by atoms with van der Waals surface area (Å²) in [6.45, 7) is 12.6. The van der Waals surface area contributed by atoms with Crippen LogP contribution in [0.5, 0.6) is 5.75 Å². The molecular formula is C23H29N3OS. The zero-order valence-corrected chi connectivity index (χ0v) is 18.6. The minimum Gasteiger partial charge on any atom is -0.507 e. The van der Waals surface area contributed by atoms with Crippen LogP contribution in [0.15, 0.2) is 41.5 Å². The lowest BCUT2D eigenvalue weighted by molar-refractivity contribution is 0.423. The van der Waals surface area contributed by atoms with Crippen molar-refractivity contribution in [3.8, 4) is 5.75 Å². The number of aromatic nitrogens is 2. The molecule has 0 spiro atoms. The highest BCUT2D eigenvalue weighted by Gasteiger charge is 2.26. The van der Waals surface area contributed by atoms with Gasteiger partial charge >= 0.3 is 0 Å². The van der Waals surface area contributed by atoms with Gasteiger partial charge in [-0.2, -0.15) is 5.10 Å². The van der Waals surface area contributed by atoms with E-state index in [1.165, 1.54) is 0 Å². The van der Waals surface area contributed by atoms with E-state index in [0.29, 0.717) is 10.5 Å². The maximum absolute atomic E-state index is 10.9. The highest BCUT2D eigenvalue weighted by molar-refractivity contribution is 7.71. The minimum absolute atomic E-state index is 0.177. The number of aryl methyl sites for hydroxylation is 1. The number of hydrogen-bond acceptors (Lipinski definition) is 3. The quantitative estimate of drug-likeness (QED) is 0.434. The summed E-state index contributed by atoms with van der Waals surface area (Å²) >= 11 is 5.57. The third-order valence-electron chi connectivity index (χ3n) is 5.01. The number of benzene rings is 2. The molecule has 0 saturated heterocycles. The fourth-order valence-corrected chi connectivity index (χ4v) is 3.63. The van der Waals surface area contributed by atoms with Gasteiger partial charge in [-0.3, -0.25) is 0 Å². The molecule has 0 atom stereocenters. The molecule has 0 amide bonds. The van der Waals surface area contributed by atoms with Gasteiger partial charge in [0.1, 0.15) is 5.75 Å². The normalized spacial score (nSPS) is 13.0. The molecule has 5 heteroatoms. The molecule has 3 rings (SSSR count). The predicted molar refractivity (Wildman–Crippen MR) is 120 cm³/mol. The maximum Gasteiger partial charge on any atom is 0.201 e. The van der Waals surface area contributed by atoms with E-state index in [9.17, 15) is 5.11 Å². The smallest absolute Gasteiger partial charge is 0.201 e. The molecule has 1 N–H and O–H groups in total. The van der Waals surface area contributed by atoms with E-state index in [4.69, 9.17) is 12.2 Å². The molecule has 1 aromatic heterocycles. The van der Waals surface area contributed by atoms with Crippen molar-refractivity contribution >= 4 is 29.5 Å². The number of aromatic hydroxyl groups is 1. The van der Waals surface area contributed by atoms with Gasteiger partial charge in [0.2, 0.25) is 4.77 Å². The first kappa shape index (κ1) is 20.3. The van der Waals surface area contributed by atoms with Crippen LogP contribution in [0.1, 0.15) is 58.2 Å². The Kier molecular flexibility index (Phi) is 5.00. The van der Waals surface area contributed by atoms with Crippen LogP contribution in [0.4, 0.5) is 0 Å². The summed E-state index contributed by atoms with van der Waals surface area (Å²) in [6, 6.07) is 12.1. The fraction of sp³-hybridized carbons (Fsp3) is 0.391. The Bertz CT molecular complexity index is 1090. The van der Waals surface area contributed by atoms with Gasteiger partial charge in [-0.05, 0) is 52.9 Å². The van der Waals surface area contributed by atoms with E-state index in [-0.39, 0.29) is 10.8 Å². The van der Waals surface area contributed by atoms with Crippen molar-refractivity contribution in [2.24, 2.45) is 12.1 Å².